The second kappa shape index (κ2) is 10.9. The van der Waals surface area contributed by atoms with E-state index in [-0.39, 0.29) is 17.4 Å². The molecule has 0 saturated carbocycles. The number of hydrogen-bond donors (Lipinski definition) is 1. The lowest BCUT2D eigenvalue weighted by Crippen LogP contribution is -2.41. The molecule has 0 radical (unpaired) electrons. The molecule has 2 atom stereocenters. The molecule has 0 unspecified atom stereocenters. The molecule has 9 heteroatoms. The summed E-state index contributed by atoms with van der Waals surface area (Å²) in [6.45, 7) is 1.86. The largest absolute Gasteiger partial charge is 0.382 e. The number of rotatable bonds is 11. The lowest BCUT2D eigenvalue weighted by Gasteiger charge is -2.34. The van der Waals surface area contributed by atoms with Gasteiger partial charge in [-0.15, -0.1) is 0 Å². The Labute approximate surface area is 182 Å². The van der Waals surface area contributed by atoms with Gasteiger partial charge in [0.1, 0.15) is 29.9 Å². The van der Waals surface area contributed by atoms with Gasteiger partial charge in [-0.3, -0.25) is 4.98 Å². The molecule has 0 fully saturated rings. The quantitative estimate of drug-likeness (QED) is 0.339. The van der Waals surface area contributed by atoms with Gasteiger partial charge < -0.3 is 5.11 Å². The van der Waals surface area contributed by atoms with Gasteiger partial charge in [-0.1, -0.05) is 33.7 Å². The number of hydrogen-bond acceptors (Lipinski definition) is 6. The van der Waals surface area contributed by atoms with Gasteiger partial charge in [-0.25, -0.2) is 18.4 Å². The topological polar surface area (TPSA) is 63.8 Å². The van der Waals surface area contributed by atoms with Crippen molar-refractivity contribution in [1.29, 1.82) is 0 Å². The monoisotopic (exact) mass is 450 g/mol. The average molecular weight is 451 g/mol. The van der Waals surface area contributed by atoms with Crippen LogP contribution >= 0.6 is 21.6 Å². The minimum absolute atomic E-state index is 0.0178. The van der Waals surface area contributed by atoms with Crippen LogP contribution < -0.4 is 0 Å². The molecule has 0 amide bonds. The van der Waals surface area contributed by atoms with Crippen molar-refractivity contribution in [3.63, 3.8) is 0 Å². The zero-order valence-corrected chi connectivity index (χ0v) is 18.3. The van der Waals surface area contributed by atoms with E-state index in [0.29, 0.717) is 0 Å². The van der Waals surface area contributed by atoms with Crippen LogP contribution in [0.5, 0.6) is 0 Å². The molecule has 1 aromatic carbocycles. The van der Waals surface area contributed by atoms with Gasteiger partial charge in [0.15, 0.2) is 0 Å². The SMILES string of the molecule is C[C@@H](SSCCCCc1ccccn1)[C@](O)(Cn1cncn1)c1ccc(F)cc1F. The molecule has 160 valence electrons. The van der Waals surface area contributed by atoms with E-state index in [1.165, 1.54) is 34.2 Å². The molecule has 1 N–H and O–H groups in total. The smallest absolute Gasteiger partial charge is 0.137 e. The normalized spacial score (nSPS) is 14.4. The second-order valence-electron chi connectivity index (χ2n) is 6.98. The number of halogens is 2. The van der Waals surface area contributed by atoms with Crippen molar-refractivity contribution in [2.45, 2.75) is 43.6 Å². The summed E-state index contributed by atoms with van der Waals surface area (Å²) < 4.78 is 29.4. The van der Waals surface area contributed by atoms with Crippen LogP contribution in [0.2, 0.25) is 0 Å². The molecule has 2 aromatic heterocycles. The van der Waals surface area contributed by atoms with Crippen molar-refractivity contribution in [3.8, 4) is 0 Å². The molecule has 0 bridgehead atoms. The predicted molar refractivity (Wildman–Crippen MR) is 117 cm³/mol. The van der Waals surface area contributed by atoms with Gasteiger partial charge in [0.05, 0.1) is 6.54 Å². The van der Waals surface area contributed by atoms with E-state index in [9.17, 15) is 13.9 Å². The average Bonchev–Trinajstić information content (AvgIpc) is 3.23. The van der Waals surface area contributed by atoms with Gasteiger partial charge in [0.2, 0.25) is 0 Å². The first-order chi connectivity index (χ1) is 14.5. The second-order valence-corrected chi connectivity index (χ2v) is 9.81. The Hall–Kier alpha value is -1.97. The number of aliphatic hydroxyl groups is 1. The molecule has 0 spiro atoms. The van der Waals surface area contributed by atoms with Crippen molar-refractivity contribution >= 4 is 21.6 Å². The number of nitrogens with zero attached hydrogens (tertiary/aromatic N) is 4. The highest BCUT2D eigenvalue weighted by Crippen LogP contribution is 2.41. The maximum atomic E-state index is 14.5. The number of pyridine rings is 1. The zero-order valence-electron chi connectivity index (χ0n) is 16.6. The summed E-state index contributed by atoms with van der Waals surface area (Å²) in [5.41, 5.74) is -0.440. The highest BCUT2D eigenvalue weighted by Gasteiger charge is 2.39. The molecule has 30 heavy (non-hydrogen) atoms. The van der Waals surface area contributed by atoms with Crippen LogP contribution in [0, 0.1) is 11.6 Å². The van der Waals surface area contributed by atoms with Crippen molar-refractivity contribution in [2.75, 3.05) is 5.75 Å². The molecule has 0 aliphatic rings. The summed E-state index contributed by atoms with van der Waals surface area (Å²) in [5.74, 6) is -0.556. The van der Waals surface area contributed by atoms with Crippen LogP contribution in [-0.2, 0) is 18.6 Å². The van der Waals surface area contributed by atoms with E-state index in [4.69, 9.17) is 0 Å². The predicted octanol–water partition coefficient (Wildman–Crippen LogP) is 4.63. The molecule has 0 aliphatic heterocycles. The van der Waals surface area contributed by atoms with E-state index in [0.717, 1.165) is 42.8 Å². The van der Waals surface area contributed by atoms with Crippen molar-refractivity contribution in [3.05, 3.63) is 78.1 Å². The summed E-state index contributed by atoms with van der Waals surface area (Å²) >= 11 is 0. The van der Waals surface area contributed by atoms with Crippen LogP contribution in [-0.4, -0.2) is 35.9 Å². The number of aromatic nitrogens is 4. The van der Waals surface area contributed by atoms with E-state index in [2.05, 4.69) is 15.1 Å². The van der Waals surface area contributed by atoms with Gasteiger partial charge in [0, 0.05) is 34.5 Å². The maximum absolute atomic E-state index is 14.5. The highest BCUT2D eigenvalue weighted by atomic mass is 33.1. The first kappa shape index (κ1) is 22.7. The first-order valence-corrected chi connectivity index (χ1v) is 12.1. The minimum atomic E-state index is -1.57. The highest BCUT2D eigenvalue weighted by molar-refractivity contribution is 8.76. The standard InChI is InChI=1S/C21H24F2N4OS2/c1-16(30-29-11-5-3-7-18-6-2-4-10-25-18)21(28,13-27-15-24-14-26-27)19-9-8-17(22)12-20(19)23/h2,4,6,8-10,12,14-16,28H,3,5,7,11,13H2,1H3/t16-,21-/m1/s1. The molecular weight excluding hydrogens is 426 g/mol. The first-order valence-electron chi connectivity index (χ1n) is 9.67. The summed E-state index contributed by atoms with van der Waals surface area (Å²) in [4.78, 5) is 8.21. The van der Waals surface area contributed by atoms with Gasteiger partial charge in [-0.2, -0.15) is 5.10 Å². The number of aryl methyl sites for hydroxylation is 1. The molecule has 2 heterocycles. The van der Waals surface area contributed by atoms with Crippen LogP contribution in [0.15, 0.2) is 55.2 Å². The van der Waals surface area contributed by atoms with E-state index >= 15 is 0 Å². The third-order valence-electron chi connectivity index (χ3n) is 4.79. The number of benzene rings is 1. The Bertz CT molecular complexity index is 915. The summed E-state index contributed by atoms with van der Waals surface area (Å²) in [5, 5.41) is 15.1. The maximum Gasteiger partial charge on any atom is 0.137 e. The lowest BCUT2D eigenvalue weighted by atomic mass is 9.90. The molecule has 0 aliphatic carbocycles. The molecule has 3 aromatic rings. The fourth-order valence-electron chi connectivity index (χ4n) is 3.08. The zero-order chi connectivity index (χ0) is 21.4. The molecule has 5 nitrogen and oxygen atoms in total. The molecular formula is C21H24F2N4OS2. The van der Waals surface area contributed by atoms with Crippen molar-refractivity contribution < 1.29 is 13.9 Å². The summed E-state index contributed by atoms with van der Waals surface area (Å²) in [6.07, 6.45) is 7.58. The van der Waals surface area contributed by atoms with Crippen molar-refractivity contribution in [1.82, 2.24) is 19.7 Å². The summed E-state index contributed by atoms with van der Waals surface area (Å²) in [7, 11) is 3.12. The van der Waals surface area contributed by atoms with E-state index in [1.54, 1.807) is 17.0 Å². The van der Waals surface area contributed by atoms with Crippen LogP contribution in [0.25, 0.3) is 0 Å². The Balaban J connectivity index is 1.58. The van der Waals surface area contributed by atoms with Crippen molar-refractivity contribution in [2.24, 2.45) is 0 Å². The minimum Gasteiger partial charge on any atom is -0.382 e. The van der Waals surface area contributed by atoms with Gasteiger partial charge in [-0.05, 0) is 44.4 Å². The fourth-order valence-corrected chi connectivity index (χ4v) is 5.79. The number of unbranched alkanes of at least 4 members (excludes halogenated alkanes) is 1. The Morgan fingerprint density at radius 3 is 2.77 bits per heavy atom. The molecule has 0 saturated heterocycles. The van der Waals surface area contributed by atoms with Crippen LogP contribution in [0.3, 0.4) is 0 Å². The van der Waals surface area contributed by atoms with Gasteiger partial charge in [0.25, 0.3) is 0 Å². The van der Waals surface area contributed by atoms with E-state index in [1.807, 2.05) is 25.1 Å². The summed E-state index contributed by atoms with van der Waals surface area (Å²) in [6, 6.07) is 9.17. The molecule has 3 rings (SSSR count). The van der Waals surface area contributed by atoms with Crippen LogP contribution in [0.4, 0.5) is 8.78 Å². The van der Waals surface area contributed by atoms with Crippen LogP contribution in [0.1, 0.15) is 31.0 Å². The van der Waals surface area contributed by atoms with E-state index < -0.39 is 17.2 Å². The Morgan fingerprint density at radius 1 is 1.20 bits per heavy atom. The fraction of sp³-hybridized carbons (Fsp3) is 0.381. The Kier molecular flexibility index (Phi) is 8.24. The van der Waals surface area contributed by atoms with Gasteiger partial charge >= 0.3 is 0 Å². The third-order valence-corrected chi connectivity index (χ3v) is 7.83. The Morgan fingerprint density at radius 2 is 2.07 bits per heavy atom. The third kappa shape index (κ3) is 6.02. The lowest BCUT2D eigenvalue weighted by molar-refractivity contribution is 0.0137.